The summed E-state index contributed by atoms with van der Waals surface area (Å²) in [5, 5.41) is 2.89. The van der Waals surface area contributed by atoms with Gasteiger partial charge in [0.1, 0.15) is 5.75 Å². The molecule has 1 aliphatic carbocycles. The predicted octanol–water partition coefficient (Wildman–Crippen LogP) is 8.44. The van der Waals surface area contributed by atoms with Crippen LogP contribution in [0, 0.1) is 11.8 Å². The number of anilines is 1. The van der Waals surface area contributed by atoms with Crippen LogP contribution in [0.5, 0.6) is 5.75 Å². The molecule has 1 atom stereocenters. The van der Waals surface area contributed by atoms with Crippen molar-refractivity contribution in [3.63, 3.8) is 0 Å². The Kier molecular flexibility index (Phi) is 11.8. The molecule has 1 amide bonds. The highest BCUT2D eigenvalue weighted by Gasteiger charge is 2.25. The van der Waals surface area contributed by atoms with Crippen molar-refractivity contribution in [1.82, 2.24) is 0 Å². The lowest BCUT2D eigenvalue weighted by atomic mass is 9.95. The molecule has 0 aliphatic heterocycles. The van der Waals surface area contributed by atoms with Gasteiger partial charge in [-0.3, -0.25) is 9.59 Å². The van der Waals surface area contributed by atoms with Gasteiger partial charge in [-0.25, -0.2) is 0 Å². The van der Waals surface area contributed by atoms with E-state index >= 15 is 0 Å². The van der Waals surface area contributed by atoms with E-state index in [4.69, 9.17) is 4.74 Å². The number of ether oxygens (including phenoxy) is 1. The molecule has 37 heavy (non-hydrogen) atoms. The first-order valence-electron chi connectivity index (χ1n) is 13.0. The molecule has 1 fully saturated rings. The van der Waals surface area contributed by atoms with Crippen LogP contribution in [0.15, 0.2) is 90.1 Å². The van der Waals surface area contributed by atoms with Crippen LogP contribution in [-0.4, -0.2) is 18.8 Å². The molecule has 0 saturated heterocycles. The van der Waals surface area contributed by atoms with Crippen LogP contribution >= 0.6 is 0 Å². The van der Waals surface area contributed by atoms with Crippen LogP contribution < -0.4 is 10.1 Å². The number of carbonyl (C=O) groups is 2. The fourth-order valence-electron chi connectivity index (χ4n) is 4.01. The third-order valence-electron chi connectivity index (χ3n) is 6.59. The van der Waals surface area contributed by atoms with Crippen molar-refractivity contribution >= 4 is 23.5 Å². The van der Waals surface area contributed by atoms with Crippen LogP contribution in [0.4, 0.5) is 5.69 Å². The van der Waals surface area contributed by atoms with Gasteiger partial charge in [-0.15, -0.1) is 0 Å². The summed E-state index contributed by atoms with van der Waals surface area (Å²) in [4.78, 5) is 24.8. The largest absolute Gasteiger partial charge is 0.497 e. The summed E-state index contributed by atoms with van der Waals surface area (Å²) in [7, 11) is 1.58. The molecule has 1 saturated carbocycles. The van der Waals surface area contributed by atoms with E-state index in [1.807, 2.05) is 56.3 Å². The van der Waals surface area contributed by atoms with E-state index in [9.17, 15) is 9.59 Å². The highest BCUT2D eigenvalue weighted by Crippen LogP contribution is 2.37. The SMILES string of the molecule is C=CC(/C(=C/c1cccc(NC(=O)c2ccc(OC)cc2)c1)C(C)=O)=C(C)\C=C/C.CCC(C)C1CC1. The van der Waals surface area contributed by atoms with E-state index < -0.39 is 0 Å². The number of hydrogen-bond acceptors (Lipinski definition) is 3. The lowest BCUT2D eigenvalue weighted by Gasteiger charge is -2.10. The number of carbonyl (C=O) groups excluding carboxylic acids is 2. The molecule has 1 unspecified atom stereocenters. The molecule has 3 rings (SSSR count). The summed E-state index contributed by atoms with van der Waals surface area (Å²) in [6.45, 7) is 13.9. The van der Waals surface area contributed by atoms with E-state index in [0.29, 0.717) is 22.6 Å². The number of amides is 1. The van der Waals surface area contributed by atoms with E-state index in [-0.39, 0.29) is 11.7 Å². The molecule has 0 spiro atoms. The Labute approximate surface area is 222 Å². The first kappa shape index (κ1) is 29.6. The van der Waals surface area contributed by atoms with Crippen molar-refractivity contribution in [3.05, 3.63) is 101 Å². The van der Waals surface area contributed by atoms with Crippen LogP contribution in [0.25, 0.3) is 6.08 Å². The van der Waals surface area contributed by atoms with Crippen molar-refractivity contribution in [1.29, 1.82) is 0 Å². The van der Waals surface area contributed by atoms with Gasteiger partial charge >= 0.3 is 0 Å². The molecule has 0 aromatic heterocycles. The second-order valence-corrected chi connectivity index (χ2v) is 9.45. The van der Waals surface area contributed by atoms with E-state index in [0.717, 1.165) is 28.5 Å². The number of Topliss-reactive ketones (excluding diaryl/α,β-unsaturated/α-hetero) is 1. The first-order chi connectivity index (χ1) is 17.7. The van der Waals surface area contributed by atoms with Crippen molar-refractivity contribution in [2.45, 2.75) is 53.9 Å². The second-order valence-electron chi connectivity index (χ2n) is 9.45. The van der Waals surface area contributed by atoms with Crippen molar-refractivity contribution in [3.8, 4) is 5.75 Å². The van der Waals surface area contributed by atoms with Crippen molar-refractivity contribution < 1.29 is 14.3 Å². The second kappa shape index (κ2) is 14.8. The number of ketones is 1. The Morgan fingerprint density at radius 1 is 1.14 bits per heavy atom. The number of allylic oxidation sites excluding steroid dienone is 6. The third-order valence-corrected chi connectivity index (χ3v) is 6.59. The van der Waals surface area contributed by atoms with Gasteiger partial charge < -0.3 is 10.1 Å². The molecule has 0 radical (unpaired) electrons. The number of hydrogen-bond donors (Lipinski definition) is 1. The number of benzene rings is 2. The summed E-state index contributed by atoms with van der Waals surface area (Å²) in [5.41, 5.74) is 4.28. The maximum Gasteiger partial charge on any atom is 0.255 e. The number of nitrogens with one attached hydrogen (secondary N) is 1. The minimum atomic E-state index is -0.221. The lowest BCUT2D eigenvalue weighted by Crippen LogP contribution is -2.11. The van der Waals surface area contributed by atoms with Gasteiger partial charge in [0.2, 0.25) is 0 Å². The highest BCUT2D eigenvalue weighted by atomic mass is 16.5. The zero-order valence-corrected chi connectivity index (χ0v) is 23.1. The van der Waals surface area contributed by atoms with Crippen LogP contribution in [0.3, 0.4) is 0 Å². The average molecular weight is 500 g/mol. The Hall–Kier alpha value is -3.66. The zero-order valence-electron chi connectivity index (χ0n) is 23.1. The maximum absolute atomic E-state index is 12.5. The van der Waals surface area contributed by atoms with Gasteiger partial charge in [0, 0.05) is 16.8 Å². The maximum atomic E-state index is 12.5. The van der Waals surface area contributed by atoms with Gasteiger partial charge in [0.15, 0.2) is 5.78 Å². The van der Waals surface area contributed by atoms with E-state index in [2.05, 4.69) is 25.7 Å². The molecule has 196 valence electrons. The highest BCUT2D eigenvalue weighted by molar-refractivity contribution is 6.05. The fourth-order valence-corrected chi connectivity index (χ4v) is 4.01. The molecular formula is C33H41NO3. The molecule has 4 nitrogen and oxygen atoms in total. The lowest BCUT2D eigenvalue weighted by molar-refractivity contribution is -0.113. The van der Waals surface area contributed by atoms with Crippen LogP contribution in [-0.2, 0) is 4.79 Å². The van der Waals surface area contributed by atoms with Crippen LogP contribution in [0.1, 0.15) is 69.8 Å². The Morgan fingerprint density at radius 2 is 1.81 bits per heavy atom. The average Bonchev–Trinajstić information content (AvgIpc) is 3.74. The van der Waals surface area contributed by atoms with E-state index in [1.54, 1.807) is 37.5 Å². The van der Waals surface area contributed by atoms with Gasteiger partial charge in [-0.2, -0.15) is 0 Å². The normalized spacial score (nSPS) is 14.7. The van der Waals surface area contributed by atoms with Gasteiger partial charge in [-0.05, 0) is 105 Å². The Morgan fingerprint density at radius 3 is 2.30 bits per heavy atom. The minimum absolute atomic E-state index is 0.0542. The standard InChI is InChI=1S/C26H27NO3.C7H14/c1-6-9-18(3)24(7-2)25(19(4)28)17-20-10-8-11-22(16-20)27-26(29)21-12-14-23(30-5)15-13-21;1-3-6(2)7-4-5-7/h6-17H,2H2,1,3-5H3,(H,27,29);6-7H,3-5H2,1-2H3/b9-6-,24-18+,25-17+;. The predicted molar refractivity (Wildman–Crippen MR) is 156 cm³/mol. The molecule has 2 aromatic rings. The summed E-state index contributed by atoms with van der Waals surface area (Å²) < 4.78 is 5.12. The monoisotopic (exact) mass is 499 g/mol. The molecule has 2 aromatic carbocycles. The summed E-state index contributed by atoms with van der Waals surface area (Å²) >= 11 is 0. The molecule has 1 N–H and O–H groups in total. The summed E-state index contributed by atoms with van der Waals surface area (Å²) in [5.74, 6) is 2.54. The number of rotatable bonds is 10. The van der Waals surface area contributed by atoms with Crippen LogP contribution in [0.2, 0.25) is 0 Å². The van der Waals surface area contributed by atoms with Crippen molar-refractivity contribution in [2.75, 3.05) is 12.4 Å². The fraction of sp³-hybridized carbons (Fsp3) is 0.333. The van der Waals surface area contributed by atoms with Gasteiger partial charge in [0.25, 0.3) is 5.91 Å². The molecular weight excluding hydrogens is 458 g/mol. The zero-order chi connectivity index (χ0) is 27.4. The van der Waals surface area contributed by atoms with E-state index in [1.165, 1.54) is 26.2 Å². The quantitative estimate of drug-likeness (QED) is 0.264. The number of methoxy groups -OCH3 is 1. The van der Waals surface area contributed by atoms with Gasteiger partial charge in [-0.1, -0.05) is 57.2 Å². The smallest absolute Gasteiger partial charge is 0.255 e. The summed E-state index contributed by atoms with van der Waals surface area (Å²) in [6, 6.07) is 14.2. The molecule has 0 bridgehead atoms. The molecule has 0 heterocycles. The molecule has 1 aliphatic rings. The third kappa shape index (κ3) is 9.38. The first-order valence-corrected chi connectivity index (χ1v) is 13.0. The molecule has 4 heteroatoms. The minimum Gasteiger partial charge on any atom is -0.497 e. The Bertz CT molecular complexity index is 1160. The van der Waals surface area contributed by atoms with Crippen molar-refractivity contribution in [2.24, 2.45) is 11.8 Å². The Balaban J connectivity index is 0.000000591. The topological polar surface area (TPSA) is 55.4 Å². The summed E-state index contributed by atoms with van der Waals surface area (Å²) in [6.07, 6.45) is 11.8. The van der Waals surface area contributed by atoms with Gasteiger partial charge in [0.05, 0.1) is 7.11 Å².